The highest BCUT2D eigenvalue weighted by Crippen LogP contribution is 2.45. The van der Waals surface area contributed by atoms with Gasteiger partial charge < -0.3 is 19.6 Å². The van der Waals surface area contributed by atoms with E-state index in [0.717, 1.165) is 25.7 Å². The number of hydrogen-bond acceptors (Lipinski definition) is 8. The summed E-state index contributed by atoms with van der Waals surface area (Å²) in [5.41, 5.74) is 4.96. The van der Waals surface area contributed by atoms with Gasteiger partial charge in [-0.2, -0.15) is 14.4 Å². The summed E-state index contributed by atoms with van der Waals surface area (Å²) < 4.78 is 34.2. The van der Waals surface area contributed by atoms with E-state index in [9.17, 15) is 9.18 Å². The molecule has 1 aliphatic rings. The van der Waals surface area contributed by atoms with Crippen LogP contribution in [-0.2, 0) is 18.7 Å². The van der Waals surface area contributed by atoms with Crippen molar-refractivity contribution in [2.75, 3.05) is 12.3 Å². The van der Waals surface area contributed by atoms with Crippen molar-refractivity contribution >= 4 is 31.3 Å². The minimum Gasteiger partial charge on any atom is -0.461 e. The van der Waals surface area contributed by atoms with Crippen LogP contribution in [0.4, 0.5) is 10.2 Å². The Labute approximate surface area is 213 Å². The van der Waals surface area contributed by atoms with E-state index in [2.05, 4.69) is 61.7 Å². The number of nitrogens with zero attached hydrogens (tertiary/aromatic N) is 4. The van der Waals surface area contributed by atoms with Crippen LogP contribution in [0, 0.1) is 18.4 Å². The molecule has 0 bridgehead atoms. The number of halogens is 1. The van der Waals surface area contributed by atoms with Crippen molar-refractivity contribution in [2.24, 2.45) is 0 Å². The first-order chi connectivity index (χ1) is 16.8. The molecule has 0 aliphatic carbocycles. The Morgan fingerprint density at radius 1 is 1.36 bits per heavy atom. The molecule has 0 saturated carbocycles. The molecular formula is C25H38FN5O4Si. The number of hydrogen-bond donors (Lipinski definition) is 1. The number of carbonyl (C=O) groups is 1. The van der Waals surface area contributed by atoms with E-state index in [0.29, 0.717) is 12.8 Å². The highest BCUT2D eigenvalue weighted by atomic mass is 28.4. The summed E-state index contributed by atoms with van der Waals surface area (Å²) in [6.07, 6.45) is 9.82. The second kappa shape index (κ2) is 10.8. The summed E-state index contributed by atoms with van der Waals surface area (Å²) in [5, 5.41) is -0.0894. The molecule has 0 amide bonds. The molecule has 2 N–H and O–H groups in total. The molecule has 0 radical (unpaired) electrons. The summed E-state index contributed by atoms with van der Waals surface area (Å²) in [6, 6.07) is 0. The minimum atomic E-state index is -2.29. The fraction of sp³-hybridized carbons (Fsp3) is 0.680. The van der Waals surface area contributed by atoms with E-state index >= 15 is 0 Å². The number of terminal acetylenes is 1. The number of imidazole rings is 1. The summed E-state index contributed by atoms with van der Waals surface area (Å²) in [4.78, 5) is 24.1. The zero-order valence-corrected chi connectivity index (χ0v) is 23.1. The van der Waals surface area contributed by atoms with Crippen molar-refractivity contribution in [1.29, 1.82) is 0 Å². The third kappa shape index (κ3) is 5.87. The number of anilines is 1. The van der Waals surface area contributed by atoms with Crippen molar-refractivity contribution in [2.45, 2.75) is 102 Å². The zero-order chi connectivity index (χ0) is 26.7. The average molecular weight is 520 g/mol. The lowest BCUT2D eigenvalue weighted by atomic mass is 9.99. The van der Waals surface area contributed by atoms with E-state index in [-0.39, 0.29) is 34.6 Å². The first kappa shape index (κ1) is 28.0. The van der Waals surface area contributed by atoms with Crippen LogP contribution in [0.25, 0.3) is 11.2 Å². The van der Waals surface area contributed by atoms with Crippen LogP contribution >= 0.6 is 0 Å². The molecule has 11 heteroatoms. The molecule has 3 heterocycles. The van der Waals surface area contributed by atoms with Gasteiger partial charge in [-0.25, -0.2) is 4.98 Å². The SMILES string of the molecule is C#C[C@]1(COC(=O)CCCCCC)O[C@@H](n2cnc3c(N)nc(F)nc32)CC1O[Si](C)(C)C(C)(C)C. The monoisotopic (exact) mass is 519 g/mol. The number of nitrogen functional groups attached to an aromatic ring is 1. The van der Waals surface area contributed by atoms with E-state index in [1.54, 1.807) is 4.57 Å². The number of carbonyl (C=O) groups excluding carboxylic acids is 1. The lowest BCUT2D eigenvalue weighted by molar-refractivity contribution is -0.156. The normalized spacial score (nSPS) is 22.6. The highest BCUT2D eigenvalue weighted by Gasteiger charge is 2.54. The van der Waals surface area contributed by atoms with Gasteiger partial charge in [-0.3, -0.25) is 9.36 Å². The van der Waals surface area contributed by atoms with Crippen LogP contribution in [0.3, 0.4) is 0 Å². The zero-order valence-electron chi connectivity index (χ0n) is 22.1. The summed E-state index contributed by atoms with van der Waals surface area (Å²) >= 11 is 0. The van der Waals surface area contributed by atoms with Crippen LogP contribution < -0.4 is 5.73 Å². The maximum absolute atomic E-state index is 14.0. The van der Waals surface area contributed by atoms with E-state index in [4.69, 9.17) is 26.1 Å². The summed E-state index contributed by atoms with van der Waals surface area (Å²) in [7, 11) is -2.29. The molecule has 3 rings (SSSR count). The number of fused-ring (bicyclic) bond motifs is 1. The smallest absolute Gasteiger partial charge is 0.312 e. The number of ether oxygens (including phenoxy) is 2. The summed E-state index contributed by atoms with van der Waals surface area (Å²) in [5.74, 6) is 2.34. The lowest BCUT2D eigenvalue weighted by Crippen LogP contribution is -2.52. The Bertz CT molecular complexity index is 1130. The van der Waals surface area contributed by atoms with Gasteiger partial charge in [0.05, 0.1) is 12.4 Å². The number of nitrogens with two attached hydrogens (primary N) is 1. The van der Waals surface area contributed by atoms with Crippen LogP contribution in [0.2, 0.25) is 18.1 Å². The molecule has 9 nitrogen and oxygen atoms in total. The fourth-order valence-corrected chi connectivity index (χ4v) is 5.31. The predicted molar refractivity (Wildman–Crippen MR) is 138 cm³/mol. The molecule has 198 valence electrons. The number of aromatic nitrogens is 4. The molecule has 1 aliphatic heterocycles. The lowest BCUT2D eigenvalue weighted by Gasteiger charge is -2.41. The quantitative estimate of drug-likeness (QED) is 0.157. The van der Waals surface area contributed by atoms with E-state index in [1.807, 2.05) is 0 Å². The third-order valence-corrected chi connectivity index (χ3v) is 11.7. The Morgan fingerprint density at radius 2 is 2.08 bits per heavy atom. The summed E-state index contributed by atoms with van der Waals surface area (Å²) in [6.45, 7) is 12.6. The van der Waals surface area contributed by atoms with Gasteiger partial charge in [0, 0.05) is 12.8 Å². The maximum Gasteiger partial charge on any atom is 0.312 e. The second-order valence-electron chi connectivity index (χ2n) is 10.9. The van der Waals surface area contributed by atoms with Crippen molar-refractivity contribution in [1.82, 2.24) is 19.5 Å². The average Bonchev–Trinajstić information content (AvgIpc) is 3.36. The molecule has 0 aromatic carbocycles. The molecular weight excluding hydrogens is 481 g/mol. The van der Waals surface area contributed by atoms with Gasteiger partial charge in [-0.05, 0) is 24.6 Å². The first-order valence-corrected chi connectivity index (χ1v) is 15.4. The predicted octanol–water partition coefficient (Wildman–Crippen LogP) is 4.74. The fourth-order valence-electron chi connectivity index (χ4n) is 3.96. The van der Waals surface area contributed by atoms with Crippen LogP contribution in [0.15, 0.2) is 6.33 Å². The van der Waals surface area contributed by atoms with E-state index < -0.39 is 32.3 Å². The topological polar surface area (TPSA) is 114 Å². The molecule has 0 spiro atoms. The van der Waals surface area contributed by atoms with Gasteiger partial charge in [-0.1, -0.05) is 52.9 Å². The molecule has 1 saturated heterocycles. The molecule has 1 fully saturated rings. The van der Waals surface area contributed by atoms with Crippen molar-refractivity contribution < 1.29 is 23.1 Å². The van der Waals surface area contributed by atoms with E-state index in [1.165, 1.54) is 6.33 Å². The van der Waals surface area contributed by atoms with Crippen molar-refractivity contribution in [3.05, 3.63) is 12.4 Å². The van der Waals surface area contributed by atoms with Gasteiger partial charge in [0.1, 0.15) is 12.8 Å². The van der Waals surface area contributed by atoms with Crippen LogP contribution in [-0.4, -0.2) is 52.1 Å². The maximum atomic E-state index is 14.0. The van der Waals surface area contributed by atoms with Gasteiger partial charge >= 0.3 is 12.0 Å². The van der Waals surface area contributed by atoms with Gasteiger partial charge in [0.2, 0.25) is 0 Å². The number of rotatable bonds is 10. The molecule has 3 atom stereocenters. The Balaban J connectivity index is 1.89. The molecule has 1 unspecified atom stereocenters. The Kier molecular flexibility index (Phi) is 8.43. The van der Waals surface area contributed by atoms with Crippen molar-refractivity contribution in [3.8, 4) is 12.3 Å². The second-order valence-corrected chi connectivity index (χ2v) is 15.6. The number of esters is 1. The van der Waals surface area contributed by atoms with Gasteiger partial charge in [-0.15, -0.1) is 6.42 Å². The molecule has 36 heavy (non-hydrogen) atoms. The standard InChI is InChI=1S/C25H38FN5O4Si/c1-8-10-11-12-13-19(32)33-15-25(9-2)17(35-36(6,7)24(3,4)5)14-18(34-25)31-16-28-20-21(27)29-23(26)30-22(20)31/h2,16-18H,8,10-15H2,1,3-7H3,(H2,27,29,30)/t17?,18-,25-/m1/s1. The highest BCUT2D eigenvalue weighted by molar-refractivity contribution is 6.74. The first-order valence-electron chi connectivity index (χ1n) is 12.5. The Morgan fingerprint density at radius 3 is 2.72 bits per heavy atom. The third-order valence-electron chi connectivity index (χ3n) is 7.18. The Hall–Kier alpha value is -2.55. The molecule has 2 aromatic heterocycles. The van der Waals surface area contributed by atoms with Crippen molar-refractivity contribution in [3.63, 3.8) is 0 Å². The number of unbranched alkanes of at least 4 members (excludes halogenated alkanes) is 3. The molecule has 2 aromatic rings. The minimum absolute atomic E-state index is 0.0662. The van der Waals surface area contributed by atoms with Crippen LogP contribution in [0.5, 0.6) is 0 Å². The van der Waals surface area contributed by atoms with Gasteiger partial charge in [0.15, 0.2) is 30.9 Å². The van der Waals surface area contributed by atoms with Gasteiger partial charge in [0.25, 0.3) is 0 Å². The van der Waals surface area contributed by atoms with Crippen LogP contribution in [0.1, 0.15) is 72.4 Å². The largest absolute Gasteiger partial charge is 0.461 e.